The van der Waals surface area contributed by atoms with Crippen LogP contribution in [-0.4, -0.2) is 24.5 Å². The monoisotopic (exact) mass is 303 g/mol. The fourth-order valence-electron chi connectivity index (χ4n) is 1.83. The third kappa shape index (κ3) is 2.90. The molecule has 6 heteroatoms. The van der Waals surface area contributed by atoms with Crippen molar-refractivity contribution in [2.75, 3.05) is 19.5 Å². The molecule has 1 amide bonds. The van der Waals surface area contributed by atoms with E-state index in [1.54, 1.807) is 26.4 Å². The van der Waals surface area contributed by atoms with Gasteiger partial charge in [-0.15, -0.1) is 23.2 Å². The number of ether oxygens (including phenoxy) is 2. The summed E-state index contributed by atoms with van der Waals surface area (Å²) in [4.78, 5) is 11.9. The van der Waals surface area contributed by atoms with Crippen LogP contribution in [-0.2, 0) is 4.79 Å². The molecule has 2 rings (SSSR count). The Bertz CT molecular complexity index is 517. The predicted molar refractivity (Wildman–Crippen MR) is 75.5 cm³/mol. The highest BCUT2D eigenvalue weighted by molar-refractivity contribution is 6.52. The second-order valence-corrected chi connectivity index (χ2v) is 6.07. The first-order chi connectivity index (χ1) is 8.89. The van der Waals surface area contributed by atoms with Gasteiger partial charge in [0, 0.05) is 11.8 Å². The van der Waals surface area contributed by atoms with Crippen LogP contribution in [0.5, 0.6) is 11.5 Å². The van der Waals surface area contributed by atoms with E-state index in [0.29, 0.717) is 23.6 Å². The molecule has 0 spiro atoms. The smallest absolute Gasteiger partial charge is 0.230 e. The van der Waals surface area contributed by atoms with E-state index < -0.39 is 4.33 Å². The van der Waals surface area contributed by atoms with Gasteiger partial charge in [-0.25, -0.2) is 0 Å². The van der Waals surface area contributed by atoms with E-state index in [4.69, 9.17) is 32.7 Å². The van der Waals surface area contributed by atoms with E-state index in [1.807, 2.05) is 6.92 Å². The molecule has 0 saturated heterocycles. The third-order valence-electron chi connectivity index (χ3n) is 3.13. The number of nitrogens with one attached hydrogen (secondary N) is 1. The van der Waals surface area contributed by atoms with E-state index in [2.05, 4.69) is 5.32 Å². The van der Waals surface area contributed by atoms with Crippen molar-refractivity contribution in [1.29, 1.82) is 0 Å². The summed E-state index contributed by atoms with van der Waals surface area (Å²) in [6.07, 6.45) is 0.480. The van der Waals surface area contributed by atoms with Crippen molar-refractivity contribution >= 4 is 34.8 Å². The molecule has 1 atom stereocenters. The van der Waals surface area contributed by atoms with E-state index in [-0.39, 0.29) is 11.8 Å². The minimum atomic E-state index is -0.922. The van der Waals surface area contributed by atoms with Crippen molar-refractivity contribution in [3.63, 3.8) is 0 Å². The molecule has 1 aromatic carbocycles. The highest BCUT2D eigenvalue weighted by atomic mass is 35.5. The van der Waals surface area contributed by atoms with Gasteiger partial charge in [0.1, 0.15) is 4.33 Å². The lowest BCUT2D eigenvalue weighted by Gasteiger charge is -2.13. The van der Waals surface area contributed by atoms with Crippen LogP contribution in [0.15, 0.2) is 12.1 Å². The number of hydrogen-bond donors (Lipinski definition) is 1. The van der Waals surface area contributed by atoms with Crippen molar-refractivity contribution in [3.05, 3.63) is 17.7 Å². The Balaban J connectivity index is 2.19. The molecule has 104 valence electrons. The summed E-state index contributed by atoms with van der Waals surface area (Å²) in [6, 6.07) is 3.52. The number of benzene rings is 1. The number of anilines is 1. The molecular formula is C13H15Cl2NO3. The molecule has 19 heavy (non-hydrogen) atoms. The maximum absolute atomic E-state index is 11.9. The minimum Gasteiger partial charge on any atom is -0.493 e. The van der Waals surface area contributed by atoms with Gasteiger partial charge in [-0.1, -0.05) is 0 Å². The number of methoxy groups -OCH3 is 2. The number of carbonyl (C=O) groups is 1. The number of halogens is 2. The zero-order valence-corrected chi connectivity index (χ0v) is 12.4. The normalized spacial score (nSPS) is 19.7. The Morgan fingerprint density at radius 1 is 1.32 bits per heavy atom. The van der Waals surface area contributed by atoms with Crippen LogP contribution in [0.2, 0.25) is 0 Å². The van der Waals surface area contributed by atoms with Gasteiger partial charge in [0.05, 0.1) is 20.1 Å². The Kier molecular flexibility index (Phi) is 3.83. The lowest BCUT2D eigenvalue weighted by molar-refractivity contribution is -0.117. The zero-order valence-electron chi connectivity index (χ0n) is 10.9. The molecule has 1 aliphatic carbocycles. The molecule has 0 unspecified atom stereocenters. The van der Waals surface area contributed by atoms with Crippen molar-refractivity contribution in [1.82, 2.24) is 0 Å². The van der Waals surface area contributed by atoms with E-state index in [0.717, 1.165) is 5.56 Å². The maximum Gasteiger partial charge on any atom is 0.230 e. The summed E-state index contributed by atoms with van der Waals surface area (Å²) >= 11 is 11.7. The van der Waals surface area contributed by atoms with Crippen LogP contribution in [0.1, 0.15) is 12.0 Å². The van der Waals surface area contributed by atoms with Crippen LogP contribution < -0.4 is 14.8 Å². The first-order valence-electron chi connectivity index (χ1n) is 5.80. The zero-order chi connectivity index (χ0) is 14.2. The molecule has 1 aromatic rings. The SMILES string of the molecule is COc1cc(C)c(NC(=O)[C@@H]2CC2(Cl)Cl)cc1OC. The number of rotatable bonds is 4. The largest absolute Gasteiger partial charge is 0.493 e. The van der Waals surface area contributed by atoms with Crippen molar-refractivity contribution in [2.24, 2.45) is 5.92 Å². The number of carbonyl (C=O) groups excluding carboxylic acids is 1. The average Bonchev–Trinajstić information content (AvgIpc) is 3.00. The van der Waals surface area contributed by atoms with Gasteiger partial charge in [-0.2, -0.15) is 0 Å². The van der Waals surface area contributed by atoms with Gasteiger partial charge < -0.3 is 14.8 Å². The number of hydrogen-bond acceptors (Lipinski definition) is 3. The van der Waals surface area contributed by atoms with Gasteiger partial charge in [0.2, 0.25) is 5.91 Å². The quantitative estimate of drug-likeness (QED) is 0.869. The van der Waals surface area contributed by atoms with Crippen LogP contribution in [0.3, 0.4) is 0 Å². The van der Waals surface area contributed by atoms with Crippen LogP contribution in [0.4, 0.5) is 5.69 Å². The molecule has 4 nitrogen and oxygen atoms in total. The molecule has 0 heterocycles. The Hall–Kier alpha value is -1.13. The Labute approximate surface area is 122 Å². The molecule has 1 aliphatic rings. The molecule has 1 N–H and O–H groups in total. The molecular weight excluding hydrogens is 289 g/mol. The minimum absolute atomic E-state index is 0.180. The highest BCUT2D eigenvalue weighted by Crippen LogP contribution is 2.53. The lowest BCUT2D eigenvalue weighted by Crippen LogP contribution is -2.17. The molecule has 0 aliphatic heterocycles. The predicted octanol–water partition coefficient (Wildman–Crippen LogP) is 3.14. The first-order valence-corrected chi connectivity index (χ1v) is 6.56. The number of alkyl halides is 2. The standard InChI is InChI=1S/C13H15Cl2NO3/c1-7-4-10(18-2)11(19-3)5-9(7)16-12(17)8-6-13(8,14)15/h4-5,8H,6H2,1-3H3,(H,16,17)/t8-/m0/s1. The van der Waals surface area contributed by atoms with Gasteiger partial charge >= 0.3 is 0 Å². The molecule has 0 bridgehead atoms. The fraction of sp³-hybridized carbons (Fsp3) is 0.462. The topological polar surface area (TPSA) is 47.6 Å². The maximum atomic E-state index is 11.9. The van der Waals surface area contributed by atoms with Gasteiger partial charge in [-0.3, -0.25) is 4.79 Å². The van der Waals surface area contributed by atoms with E-state index in [1.165, 1.54) is 0 Å². The van der Waals surface area contributed by atoms with Gasteiger partial charge in [-0.05, 0) is 25.0 Å². The summed E-state index contributed by atoms with van der Waals surface area (Å²) in [6.45, 7) is 1.87. The fourth-order valence-corrected chi connectivity index (χ4v) is 2.34. The summed E-state index contributed by atoms with van der Waals surface area (Å²) in [5, 5.41) is 2.81. The lowest BCUT2D eigenvalue weighted by atomic mass is 10.1. The van der Waals surface area contributed by atoms with Gasteiger partial charge in [0.15, 0.2) is 11.5 Å². The van der Waals surface area contributed by atoms with E-state index in [9.17, 15) is 4.79 Å². The summed E-state index contributed by atoms with van der Waals surface area (Å²) in [5.41, 5.74) is 1.54. The summed E-state index contributed by atoms with van der Waals surface area (Å²) < 4.78 is 9.47. The Morgan fingerprint density at radius 3 is 2.32 bits per heavy atom. The van der Waals surface area contributed by atoms with Crippen molar-refractivity contribution in [3.8, 4) is 11.5 Å². The molecule has 0 aromatic heterocycles. The van der Waals surface area contributed by atoms with Crippen molar-refractivity contribution in [2.45, 2.75) is 17.7 Å². The first kappa shape index (κ1) is 14.3. The summed E-state index contributed by atoms with van der Waals surface area (Å²) in [7, 11) is 3.11. The Morgan fingerprint density at radius 2 is 1.84 bits per heavy atom. The molecule has 1 saturated carbocycles. The summed E-state index contributed by atoms with van der Waals surface area (Å²) in [5.74, 6) is 0.638. The average molecular weight is 304 g/mol. The number of amides is 1. The van der Waals surface area contributed by atoms with Crippen LogP contribution in [0, 0.1) is 12.8 Å². The highest BCUT2D eigenvalue weighted by Gasteiger charge is 2.56. The number of aryl methyl sites for hydroxylation is 1. The molecule has 1 fully saturated rings. The third-order valence-corrected chi connectivity index (χ3v) is 3.97. The second kappa shape index (κ2) is 5.10. The molecule has 0 radical (unpaired) electrons. The van der Waals surface area contributed by atoms with Gasteiger partial charge in [0.25, 0.3) is 0 Å². The van der Waals surface area contributed by atoms with Crippen molar-refractivity contribution < 1.29 is 14.3 Å². The second-order valence-electron chi connectivity index (χ2n) is 4.53. The van der Waals surface area contributed by atoms with E-state index >= 15 is 0 Å². The van der Waals surface area contributed by atoms with Crippen LogP contribution in [0.25, 0.3) is 0 Å². The van der Waals surface area contributed by atoms with Crippen LogP contribution >= 0.6 is 23.2 Å².